The van der Waals surface area contributed by atoms with Gasteiger partial charge in [0.05, 0.1) is 23.5 Å². The van der Waals surface area contributed by atoms with E-state index in [4.69, 9.17) is 4.74 Å². The van der Waals surface area contributed by atoms with Crippen molar-refractivity contribution in [1.82, 2.24) is 4.31 Å². The number of nitrogens with zero attached hydrogens (tertiary/aromatic N) is 2. The van der Waals surface area contributed by atoms with E-state index in [1.54, 1.807) is 30.1 Å². The number of hydrogen-bond donors (Lipinski definition) is 0. The van der Waals surface area contributed by atoms with Crippen LogP contribution >= 0.6 is 0 Å². The SMILES string of the molecule is CN1C(=O)C(C)(C)c2cc(S(=O)(=O)N3CCOCC3)ccc21. The Bertz CT molecular complexity index is 721. The summed E-state index contributed by atoms with van der Waals surface area (Å²) in [7, 11) is -1.83. The van der Waals surface area contributed by atoms with Crippen molar-refractivity contribution in [2.75, 3.05) is 38.3 Å². The van der Waals surface area contributed by atoms with Crippen molar-refractivity contribution in [2.45, 2.75) is 24.2 Å². The summed E-state index contributed by atoms with van der Waals surface area (Å²) in [6.45, 7) is 5.20. The second-order valence-corrected chi connectivity index (χ2v) is 8.12. The van der Waals surface area contributed by atoms with Crippen molar-refractivity contribution < 1.29 is 17.9 Å². The van der Waals surface area contributed by atoms with Crippen LogP contribution in [0.15, 0.2) is 23.1 Å². The third-order valence-electron chi connectivity index (χ3n) is 4.45. The van der Waals surface area contributed by atoms with E-state index in [0.717, 1.165) is 11.3 Å². The van der Waals surface area contributed by atoms with Crippen LogP contribution in [0.25, 0.3) is 0 Å². The molecule has 2 heterocycles. The summed E-state index contributed by atoms with van der Waals surface area (Å²) in [6.07, 6.45) is 0. The Kier molecular flexibility index (Phi) is 3.54. The smallest absolute Gasteiger partial charge is 0.243 e. The lowest BCUT2D eigenvalue weighted by Crippen LogP contribution is -2.40. The highest BCUT2D eigenvalue weighted by atomic mass is 32.2. The van der Waals surface area contributed by atoms with Gasteiger partial charge < -0.3 is 9.64 Å². The highest BCUT2D eigenvalue weighted by Gasteiger charge is 2.43. The van der Waals surface area contributed by atoms with Gasteiger partial charge in [-0.05, 0) is 37.6 Å². The van der Waals surface area contributed by atoms with E-state index in [9.17, 15) is 13.2 Å². The number of amides is 1. The van der Waals surface area contributed by atoms with Crippen LogP contribution in [-0.2, 0) is 25.0 Å². The number of carbonyl (C=O) groups excluding carboxylic acids is 1. The van der Waals surface area contributed by atoms with Crippen molar-refractivity contribution in [3.05, 3.63) is 23.8 Å². The molecule has 0 atom stereocenters. The molecule has 1 saturated heterocycles. The third-order valence-corrected chi connectivity index (χ3v) is 6.34. The lowest BCUT2D eigenvalue weighted by molar-refractivity contribution is -0.121. The fourth-order valence-electron chi connectivity index (χ4n) is 3.05. The van der Waals surface area contributed by atoms with E-state index in [0.29, 0.717) is 26.3 Å². The zero-order valence-electron chi connectivity index (χ0n) is 13.0. The number of morpholine rings is 1. The number of sulfonamides is 1. The van der Waals surface area contributed by atoms with Crippen LogP contribution in [0.3, 0.4) is 0 Å². The summed E-state index contributed by atoms with van der Waals surface area (Å²) >= 11 is 0. The second kappa shape index (κ2) is 5.04. The Morgan fingerprint density at radius 1 is 1.18 bits per heavy atom. The molecule has 0 aliphatic carbocycles. The Morgan fingerprint density at radius 3 is 2.45 bits per heavy atom. The van der Waals surface area contributed by atoms with Gasteiger partial charge >= 0.3 is 0 Å². The average molecular weight is 324 g/mol. The molecule has 6 nitrogen and oxygen atoms in total. The predicted molar refractivity (Wildman–Crippen MR) is 82.5 cm³/mol. The lowest BCUT2D eigenvalue weighted by atomic mass is 9.86. The number of fused-ring (bicyclic) bond motifs is 1. The van der Waals surface area contributed by atoms with E-state index in [2.05, 4.69) is 0 Å². The van der Waals surface area contributed by atoms with Gasteiger partial charge in [0, 0.05) is 25.8 Å². The van der Waals surface area contributed by atoms with Crippen LogP contribution in [0.5, 0.6) is 0 Å². The number of carbonyl (C=O) groups is 1. The van der Waals surface area contributed by atoms with Gasteiger partial charge in [-0.3, -0.25) is 4.79 Å². The van der Waals surface area contributed by atoms with Gasteiger partial charge in [0.1, 0.15) is 0 Å². The third kappa shape index (κ3) is 2.15. The molecule has 1 fully saturated rings. The molecular weight excluding hydrogens is 304 g/mol. The predicted octanol–water partition coefficient (Wildman–Crippen LogP) is 0.962. The molecule has 7 heteroatoms. The maximum Gasteiger partial charge on any atom is 0.243 e. The van der Waals surface area contributed by atoms with Crippen LogP contribution in [-0.4, -0.2) is 52.0 Å². The van der Waals surface area contributed by atoms with Gasteiger partial charge in [-0.1, -0.05) is 0 Å². The minimum absolute atomic E-state index is 0.0246. The first-order chi connectivity index (χ1) is 10.3. The van der Waals surface area contributed by atoms with Crippen molar-refractivity contribution in [2.24, 2.45) is 0 Å². The zero-order valence-corrected chi connectivity index (χ0v) is 13.8. The Labute approximate surface area is 130 Å². The molecule has 2 aliphatic heterocycles. The van der Waals surface area contributed by atoms with Crippen LogP contribution in [0.4, 0.5) is 5.69 Å². The molecular formula is C15H20N2O4S. The van der Waals surface area contributed by atoms with Gasteiger partial charge in [-0.25, -0.2) is 8.42 Å². The molecule has 1 aromatic carbocycles. The Balaban J connectivity index is 2.05. The van der Waals surface area contributed by atoms with Crippen molar-refractivity contribution in [3.63, 3.8) is 0 Å². The summed E-state index contributed by atoms with van der Waals surface area (Å²) in [5.41, 5.74) is 0.825. The molecule has 0 saturated carbocycles. The van der Waals surface area contributed by atoms with Crippen molar-refractivity contribution >= 4 is 21.6 Å². The number of benzene rings is 1. The maximum atomic E-state index is 12.7. The number of anilines is 1. The molecule has 0 spiro atoms. The summed E-state index contributed by atoms with van der Waals surface area (Å²) in [4.78, 5) is 14.1. The monoisotopic (exact) mass is 324 g/mol. The maximum absolute atomic E-state index is 12.7. The summed E-state index contributed by atoms with van der Waals surface area (Å²) < 4.78 is 32.1. The number of hydrogen-bond acceptors (Lipinski definition) is 4. The fraction of sp³-hybridized carbons (Fsp3) is 0.533. The van der Waals surface area contributed by atoms with E-state index in [-0.39, 0.29) is 10.8 Å². The number of ether oxygens (including phenoxy) is 1. The van der Waals surface area contributed by atoms with Gasteiger partial charge in [0.15, 0.2) is 0 Å². The van der Waals surface area contributed by atoms with E-state index >= 15 is 0 Å². The summed E-state index contributed by atoms with van der Waals surface area (Å²) in [5.74, 6) is -0.0246. The molecule has 0 N–H and O–H groups in total. The van der Waals surface area contributed by atoms with Crippen molar-refractivity contribution in [1.29, 1.82) is 0 Å². The zero-order chi connectivity index (χ0) is 16.1. The van der Waals surface area contributed by atoms with Gasteiger partial charge in [0.25, 0.3) is 0 Å². The molecule has 1 amide bonds. The highest BCUT2D eigenvalue weighted by molar-refractivity contribution is 7.89. The average Bonchev–Trinajstić information content (AvgIpc) is 2.69. The van der Waals surface area contributed by atoms with Gasteiger partial charge in [-0.15, -0.1) is 0 Å². The first kappa shape index (κ1) is 15.5. The molecule has 0 unspecified atom stereocenters. The summed E-state index contributed by atoms with van der Waals surface area (Å²) in [5, 5.41) is 0. The highest BCUT2D eigenvalue weighted by Crippen LogP contribution is 2.41. The summed E-state index contributed by atoms with van der Waals surface area (Å²) in [6, 6.07) is 4.94. The quantitative estimate of drug-likeness (QED) is 0.813. The molecule has 1 aromatic rings. The van der Waals surface area contributed by atoms with E-state index < -0.39 is 15.4 Å². The topological polar surface area (TPSA) is 66.9 Å². The normalized spacial score (nSPS) is 22.0. The van der Waals surface area contributed by atoms with E-state index in [1.165, 1.54) is 4.31 Å². The second-order valence-electron chi connectivity index (χ2n) is 6.18. The molecule has 0 bridgehead atoms. The minimum atomic E-state index is -3.55. The number of likely N-dealkylation sites (N-methyl/N-ethyl adjacent to an activating group) is 1. The number of rotatable bonds is 2. The molecule has 0 radical (unpaired) electrons. The fourth-order valence-corrected chi connectivity index (χ4v) is 4.48. The van der Waals surface area contributed by atoms with Gasteiger partial charge in [0.2, 0.25) is 15.9 Å². The van der Waals surface area contributed by atoms with Crippen LogP contribution in [0, 0.1) is 0 Å². The molecule has 2 aliphatic rings. The van der Waals surface area contributed by atoms with Crippen molar-refractivity contribution in [3.8, 4) is 0 Å². The van der Waals surface area contributed by atoms with Crippen LogP contribution in [0.1, 0.15) is 19.4 Å². The van der Waals surface area contributed by atoms with E-state index in [1.807, 2.05) is 13.8 Å². The standard InChI is InChI=1S/C15H20N2O4S/c1-15(2)12-10-11(4-5-13(12)16(3)14(15)18)22(19,20)17-6-8-21-9-7-17/h4-5,10H,6-9H2,1-3H3. The van der Waals surface area contributed by atoms with Gasteiger partial charge in [-0.2, -0.15) is 4.31 Å². The molecule has 0 aromatic heterocycles. The Hall–Kier alpha value is -1.44. The first-order valence-electron chi connectivity index (χ1n) is 7.27. The van der Waals surface area contributed by atoms with Crippen LogP contribution < -0.4 is 4.90 Å². The minimum Gasteiger partial charge on any atom is -0.379 e. The largest absolute Gasteiger partial charge is 0.379 e. The molecule has 120 valence electrons. The Morgan fingerprint density at radius 2 is 1.82 bits per heavy atom. The lowest BCUT2D eigenvalue weighted by Gasteiger charge is -2.26. The molecule has 3 rings (SSSR count). The van der Waals surface area contributed by atoms with Crippen LogP contribution in [0.2, 0.25) is 0 Å². The molecule has 22 heavy (non-hydrogen) atoms. The first-order valence-corrected chi connectivity index (χ1v) is 8.71.